The van der Waals surface area contributed by atoms with Gasteiger partial charge in [-0.05, 0) is 39.6 Å². The van der Waals surface area contributed by atoms with Crippen LogP contribution in [-0.4, -0.2) is 15.0 Å². The molecule has 4 nitrogen and oxygen atoms in total. The van der Waals surface area contributed by atoms with Crippen molar-refractivity contribution in [2.24, 2.45) is 0 Å². The van der Waals surface area contributed by atoms with Gasteiger partial charge in [0.15, 0.2) is 17.3 Å². The Kier molecular flexibility index (Phi) is 6.31. The molecule has 0 saturated carbocycles. The molecule has 2 heterocycles. The number of oxazole rings is 1. The van der Waals surface area contributed by atoms with Crippen molar-refractivity contribution < 1.29 is 4.42 Å². The minimum atomic E-state index is 0.661. The number of aryl methyl sites for hydroxylation is 1. The topological polar surface area (TPSA) is 51.8 Å². The van der Waals surface area contributed by atoms with E-state index in [0.717, 1.165) is 61.4 Å². The molecule has 2 aromatic heterocycles. The quantitative estimate of drug-likeness (QED) is 0.208. The largest absolute Gasteiger partial charge is 0.440 e. The van der Waals surface area contributed by atoms with Crippen molar-refractivity contribution in [3.05, 3.63) is 151 Å². The molecule has 6 aromatic carbocycles. The highest BCUT2D eigenvalue weighted by molar-refractivity contribution is 6.07. The zero-order chi connectivity index (χ0) is 29.5. The number of fused-ring (bicyclic) bond motifs is 2. The van der Waals surface area contributed by atoms with E-state index in [4.69, 9.17) is 14.4 Å². The molecule has 0 unspecified atom stereocenters. The van der Waals surface area contributed by atoms with Crippen LogP contribution in [0.3, 0.4) is 0 Å². The summed E-state index contributed by atoms with van der Waals surface area (Å²) >= 11 is 0. The van der Waals surface area contributed by atoms with Crippen molar-refractivity contribution in [3.8, 4) is 56.2 Å². The fourth-order valence-electron chi connectivity index (χ4n) is 5.96. The van der Waals surface area contributed by atoms with Crippen LogP contribution in [0.5, 0.6) is 0 Å². The Morgan fingerprint density at radius 2 is 1.11 bits per heavy atom. The summed E-state index contributed by atoms with van der Waals surface area (Å²) in [6.07, 6.45) is 0. The number of nitrogens with zero attached hydrogens (tertiary/aromatic N) is 3. The third-order valence-corrected chi connectivity index (χ3v) is 8.04. The summed E-state index contributed by atoms with van der Waals surface area (Å²) in [5.74, 6) is 1.37. The predicted molar refractivity (Wildman–Crippen MR) is 179 cm³/mol. The maximum absolute atomic E-state index is 6.10. The molecular weight excluding hydrogens is 538 g/mol. The Morgan fingerprint density at radius 1 is 0.477 bits per heavy atom. The van der Waals surface area contributed by atoms with Gasteiger partial charge in [-0.25, -0.2) is 15.0 Å². The highest BCUT2D eigenvalue weighted by Crippen LogP contribution is 2.41. The fraction of sp³-hybridized carbons (Fsp3) is 0.0250. The molecule has 0 amide bonds. The van der Waals surface area contributed by atoms with Crippen molar-refractivity contribution in [1.82, 2.24) is 15.0 Å². The molecule has 4 heteroatoms. The Labute approximate surface area is 255 Å². The normalized spacial score (nSPS) is 11.3. The van der Waals surface area contributed by atoms with Crippen LogP contribution >= 0.6 is 0 Å². The van der Waals surface area contributed by atoms with E-state index in [0.29, 0.717) is 11.7 Å². The van der Waals surface area contributed by atoms with Gasteiger partial charge in [-0.15, -0.1) is 0 Å². The lowest BCUT2D eigenvalue weighted by Crippen LogP contribution is -1.96. The standard InChI is InChI=1S/C40H27N3O/c1-26-41-35-18-10-17-34(39(35)44-26)33-24-23-27-11-8-9-16-32(27)38(33)30-21-19-29(20-22-30)37-25-36(28-12-4-2-5-13-28)42-40(43-37)31-14-6-3-7-15-31/h2-25H,1H3. The summed E-state index contributed by atoms with van der Waals surface area (Å²) in [6.45, 7) is 1.89. The molecule has 0 aliphatic carbocycles. The van der Waals surface area contributed by atoms with Gasteiger partial charge in [0, 0.05) is 29.2 Å². The number of rotatable bonds is 5. The molecule has 0 radical (unpaired) electrons. The third-order valence-electron chi connectivity index (χ3n) is 8.04. The third kappa shape index (κ3) is 4.63. The van der Waals surface area contributed by atoms with Gasteiger partial charge in [-0.3, -0.25) is 0 Å². The highest BCUT2D eigenvalue weighted by atomic mass is 16.3. The number of aromatic nitrogens is 3. The summed E-state index contributed by atoms with van der Waals surface area (Å²) in [7, 11) is 0. The SMILES string of the molecule is Cc1nc2cccc(-c3ccc4ccccc4c3-c3ccc(-c4cc(-c5ccccc5)nc(-c5ccccc5)n4)cc3)c2o1. The van der Waals surface area contributed by atoms with Crippen molar-refractivity contribution >= 4 is 21.9 Å². The predicted octanol–water partition coefficient (Wildman–Crippen LogP) is 10.4. The van der Waals surface area contributed by atoms with Crippen LogP contribution in [-0.2, 0) is 0 Å². The monoisotopic (exact) mass is 565 g/mol. The summed E-state index contributed by atoms with van der Waals surface area (Å²) in [6, 6.07) is 50.3. The van der Waals surface area contributed by atoms with Gasteiger partial charge in [0.25, 0.3) is 0 Å². The van der Waals surface area contributed by atoms with Crippen molar-refractivity contribution in [2.45, 2.75) is 6.92 Å². The summed E-state index contributed by atoms with van der Waals surface area (Å²) < 4.78 is 6.10. The molecule has 0 N–H and O–H groups in total. The molecule has 8 rings (SSSR count). The van der Waals surface area contributed by atoms with E-state index in [1.165, 1.54) is 10.8 Å². The first-order chi connectivity index (χ1) is 21.7. The van der Waals surface area contributed by atoms with Gasteiger partial charge in [0.05, 0.1) is 11.4 Å². The smallest absolute Gasteiger partial charge is 0.192 e. The van der Waals surface area contributed by atoms with Crippen LogP contribution in [0.1, 0.15) is 5.89 Å². The second-order valence-electron chi connectivity index (χ2n) is 10.9. The molecule has 0 saturated heterocycles. The Balaban J connectivity index is 1.29. The number of para-hydroxylation sites is 1. The lowest BCUT2D eigenvalue weighted by atomic mass is 9.89. The number of hydrogen-bond donors (Lipinski definition) is 0. The molecular formula is C40H27N3O. The first kappa shape index (κ1) is 25.8. The van der Waals surface area contributed by atoms with Crippen LogP contribution < -0.4 is 0 Å². The lowest BCUT2D eigenvalue weighted by molar-refractivity contribution is 0.562. The molecule has 0 aliphatic heterocycles. The van der Waals surface area contributed by atoms with Gasteiger partial charge in [0.2, 0.25) is 0 Å². The second-order valence-corrected chi connectivity index (χ2v) is 10.9. The number of benzene rings is 6. The van der Waals surface area contributed by atoms with Crippen LogP contribution in [0, 0.1) is 6.92 Å². The van der Waals surface area contributed by atoms with Gasteiger partial charge in [-0.1, -0.05) is 133 Å². The van der Waals surface area contributed by atoms with Crippen LogP contribution in [0.2, 0.25) is 0 Å². The average molecular weight is 566 g/mol. The van der Waals surface area contributed by atoms with E-state index in [1.807, 2.05) is 55.5 Å². The van der Waals surface area contributed by atoms with Crippen LogP contribution in [0.25, 0.3) is 78.0 Å². The molecule has 0 fully saturated rings. The van der Waals surface area contributed by atoms with Gasteiger partial charge in [0.1, 0.15) is 5.52 Å². The summed E-state index contributed by atoms with van der Waals surface area (Å²) in [5, 5.41) is 2.37. The second kappa shape index (κ2) is 10.8. The highest BCUT2D eigenvalue weighted by Gasteiger charge is 2.17. The van der Waals surface area contributed by atoms with Crippen LogP contribution in [0.15, 0.2) is 150 Å². The van der Waals surface area contributed by atoms with E-state index in [1.54, 1.807) is 0 Å². The zero-order valence-corrected chi connectivity index (χ0v) is 24.1. The van der Waals surface area contributed by atoms with E-state index >= 15 is 0 Å². The van der Waals surface area contributed by atoms with Crippen molar-refractivity contribution in [1.29, 1.82) is 0 Å². The Hall–Kier alpha value is -5.87. The maximum Gasteiger partial charge on any atom is 0.192 e. The molecule has 0 spiro atoms. The van der Waals surface area contributed by atoms with E-state index < -0.39 is 0 Å². The first-order valence-corrected chi connectivity index (χ1v) is 14.7. The Bertz CT molecular complexity index is 2210. The van der Waals surface area contributed by atoms with Crippen LogP contribution in [0.4, 0.5) is 0 Å². The Morgan fingerprint density at radius 3 is 1.86 bits per heavy atom. The van der Waals surface area contributed by atoms with E-state index in [9.17, 15) is 0 Å². The summed E-state index contributed by atoms with van der Waals surface area (Å²) in [4.78, 5) is 14.6. The van der Waals surface area contributed by atoms with E-state index in [2.05, 4.69) is 102 Å². The van der Waals surface area contributed by atoms with Gasteiger partial charge in [-0.2, -0.15) is 0 Å². The molecule has 8 aromatic rings. The van der Waals surface area contributed by atoms with Gasteiger partial charge >= 0.3 is 0 Å². The maximum atomic E-state index is 6.10. The van der Waals surface area contributed by atoms with Crippen molar-refractivity contribution in [3.63, 3.8) is 0 Å². The number of hydrogen-bond acceptors (Lipinski definition) is 4. The fourth-order valence-corrected chi connectivity index (χ4v) is 5.96. The molecule has 0 aliphatic rings. The van der Waals surface area contributed by atoms with E-state index in [-0.39, 0.29) is 0 Å². The lowest BCUT2D eigenvalue weighted by Gasteiger charge is -2.15. The molecule has 208 valence electrons. The van der Waals surface area contributed by atoms with Crippen molar-refractivity contribution in [2.75, 3.05) is 0 Å². The molecule has 44 heavy (non-hydrogen) atoms. The minimum absolute atomic E-state index is 0.661. The molecule has 0 atom stereocenters. The molecule has 0 bridgehead atoms. The first-order valence-electron chi connectivity index (χ1n) is 14.7. The van der Waals surface area contributed by atoms with Gasteiger partial charge < -0.3 is 4.42 Å². The summed E-state index contributed by atoms with van der Waals surface area (Å²) in [5.41, 5.74) is 10.9. The average Bonchev–Trinajstić information content (AvgIpc) is 3.49. The zero-order valence-electron chi connectivity index (χ0n) is 24.1. The minimum Gasteiger partial charge on any atom is -0.440 e.